The van der Waals surface area contributed by atoms with Crippen LogP contribution in [0.4, 0.5) is 0 Å². The highest BCUT2D eigenvalue weighted by Crippen LogP contribution is 2.39. The van der Waals surface area contributed by atoms with Crippen molar-refractivity contribution in [2.24, 2.45) is 0 Å². The van der Waals surface area contributed by atoms with Gasteiger partial charge in [-0.2, -0.15) is 0 Å². The van der Waals surface area contributed by atoms with Gasteiger partial charge in [-0.1, -0.05) is 20.8 Å². The lowest BCUT2D eigenvalue weighted by Gasteiger charge is -2.37. The van der Waals surface area contributed by atoms with Crippen molar-refractivity contribution in [1.29, 1.82) is 0 Å². The fourth-order valence-electron chi connectivity index (χ4n) is 1.34. The molecule has 18 heavy (non-hydrogen) atoms. The van der Waals surface area contributed by atoms with Crippen LogP contribution < -0.4 is 4.74 Å². The molecule has 0 radical (unpaired) electrons. The maximum absolute atomic E-state index is 6.21. The van der Waals surface area contributed by atoms with Gasteiger partial charge in [0.25, 0.3) is 0 Å². The SMILES string of the molecule is CCOc1cnc(C(C)O[Si](C)(C)C(C)(C)C)o1. The fourth-order valence-corrected chi connectivity index (χ4v) is 2.68. The quantitative estimate of drug-likeness (QED) is 0.754. The molecule has 1 heterocycles. The van der Waals surface area contributed by atoms with Crippen molar-refractivity contribution in [3.63, 3.8) is 0 Å². The van der Waals surface area contributed by atoms with E-state index in [0.29, 0.717) is 18.4 Å². The lowest BCUT2D eigenvalue weighted by Crippen LogP contribution is -2.41. The Morgan fingerprint density at radius 2 is 2.00 bits per heavy atom. The van der Waals surface area contributed by atoms with Crippen LogP contribution in [0.3, 0.4) is 0 Å². The Balaban J connectivity index is 2.72. The first kappa shape index (κ1) is 15.2. The monoisotopic (exact) mass is 271 g/mol. The highest BCUT2D eigenvalue weighted by Gasteiger charge is 2.39. The summed E-state index contributed by atoms with van der Waals surface area (Å²) in [6.07, 6.45) is 1.46. The first-order valence-electron chi connectivity index (χ1n) is 6.43. The predicted molar refractivity (Wildman–Crippen MR) is 74.4 cm³/mol. The van der Waals surface area contributed by atoms with Crippen molar-refractivity contribution >= 4 is 8.32 Å². The number of aromatic nitrogens is 1. The van der Waals surface area contributed by atoms with E-state index < -0.39 is 8.32 Å². The second-order valence-electron chi connectivity index (χ2n) is 5.97. The second kappa shape index (κ2) is 5.44. The second-order valence-corrected chi connectivity index (χ2v) is 10.7. The van der Waals surface area contributed by atoms with E-state index in [1.165, 1.54) is 0 Å². The number of hydrogen-bond donors (Lipinski definition) is 0. The highest BCUT2D eigenvalue weighted by molar-refractivity contribution is 6.74. The van der Waals surface area contributed by atoms with E-state index in [1.807, 2.05) is 13.8 Å². The molecule has 104 valence electrons. The molecule has 0 bridgehead atoms. The molecule has 0 aliphatic heterocycles. The molecular formula is C13H25NO3Si. The molecule has 5 heteroatoms. The zero-order chi connectivity index (χ0) is 14.0. The van der Waals surface area contributed by atoms with Gasteiger partial charge in [-0.25, -0.2) is 4.98 Å². The van der Waals surface area contributed by atoms with Crippen molar-refractivity contribution in [2.45, 2.75) is 58.9 Å². The molecule has 0 fully saturated rings. The van der Waals surface area contributed by atoms with E-state index in [0.717, 1.165) is 0 Å². The Hall–Kier alpha value is -0.813. The summed E-state index contributed by atoms with van der Waals surface area (Å²) in [6.45, 7) is 15.5. The summed E-state index contributed by atoms with van der Waals surface area (Å²) in [7, 11) is -1.80. The first-order chi connectivity index (χ1) is 8.17. The van der Waals surface area contributed by atoms with Crippen LogP contribution in [0.25, 0.3) is 0 Å². The van der Waals surface area contributed by atoms with E-state index >= 15 is 0 Å². The number of oxazole rings is 1. The van der Waals surface area contributed by atoms with Gasteiger partial charge in [-0.15, -0.1) is 0 Å². The van der Waals surface area contributed by atoms with Crippen LogP contribution >= 0.6 is 0 Å². The van der Waals surface area contributed by atoms with Crippen molar-refractivity contribution in [3.05, 3.63) is 12.1 Å². The number of nitrogens with zero attached hydrogens (tertiary/aromatic N) is 1. The average Bonchev–Trinajstić information content (AvgIpc) is 2.64. The third kappa shape index (κ3) is 3.59. The highest BCUT2D eigenvalue weighted by atomic mass is 28.4. The molecule has 0 spiro atoms. The van der Waals surface area contributed by atoms with Crippen LogP contribution in [-0.4, -0.2) is 19.9 Å². The van der Waals surface area contributed by atoms with Crippen LogP contribution in [0.1, 0.15) is 46.6 Å². The number of rotatable bonds is 5. The summed E-state index contributed by atoms with van der Waals surface area (Å²) in [4.78, 5) is 4.21. The molecule has 0 aliphatic carbocycles. The third-order valence-electron chi connectivity index (χ3n) is 3.41. The van der Waals surface area contributed by atoms with Crippen molar-refractivity contribution in [1.82, 2.24) is 4.98 Å². The predicted octanol–water partition coefficient (Wildman–Crippen LogP) is 4.16. The van der Waals surface area contributed by atoms with Gasteiger partial charge in [0.05, 0.1) is 6.61 Å². The third-order valence-corrected chi connectivity index (χ3v) is 7.97. The summed E-state index contributed by atoms with van der Waals surface area (Å²) >= 11 is 0. The topological polar surface area (TPSA) is 44.5 Å². The summed E-state index contributed by atoms with van der Waals surface area (Å²) in [5, 5.41) is 0.177. The molecule has 1 atom stereocenters. The molecule has 1 rings (SSSR count). The molecule has 1 aromatic rings. The molecule has 0 saturated carbocycles. The van der Waals surface area contributed by atoms with E-state index in [9.17, 15) is 0 Å². The zero-order valence-electron chi connectivity index (χ0n) is 12.5. The van der Waals surface area contributed by atoms with E-state index in [4.69, 9.17) is 13.6 Å². The Morgan fingerprint density at radius 3 is 2.50 bits per heavy atom. The van der Waals surface area contributed by atoms with Gasteiger partial charge < -0.3 is 13.6 Å². The van der Waals surface area contributed by atoms with Gasteiger partial charge in [-0.05, 0) is 32.0 Å². The van der Waals surface area contributed by atoms with Crippen LogP contribution in [0.2, 0.25) is 18.1 Å². The minimum atomic E-state index is -1.80. The molecule has 1 aromatic heterocycles. The standard InChI is InChI=1S/C13H25NO3Si/c1-8-15-11-9-14-12(16-11)10(2)17-18(6,7)13(3,4)5/h9-10H,8H2,1-7H3. The molecule has 0 aromatic carbocycles. The molecule has 1 unspecified atom stereocenters. The van der Waals surface area contributed by atoms with Gasteiger partial charge >= 0.3 is 5.95 Å². The van der Waals surface area contributed by atoms with Crippen LogP contribution in [0.5, 0.6) is 5.95 Å². The smallest absolute Gasteiger partial charge is 0.305 e. The zero-order valence-corrected chi connectivity index (χ0v) is 13.5. The molecule has 0 saturated heterocycles. The van der Waals surface area contributed by atoms with Gasteiger partial charge in [-0.3, -0.25) is 0 Å². The van der Waals surface area contributed by atoms with Crippen LogP contribution in [-0.2, 0) is 4.43 Å². The first-order valence-corrected chi connectivity index (χ1v) is 9.34. The summed E-state index contributed by atoms with van der Waals surface area (Å²) in [5.41, 5.74) is 0. The molecular weight excluding hydrogens is 246 g/mol. The Labute approximate surface area is 111 Å². The summed E-state index contributed by atoms with van der Waals surface area (Å²) in [5.74, 6) is 1.04. The normalized spacial score (nSPS) is 14.6. The maximum atomic E-state index is 6.21. The average molecular weight is 271 g/mol. The Kier molecular flexibility index (Phi) is 4.61. The summed E-state index contributed by atoms with van der Waals surface area (Å²) in [6, 6.07) is 0. The summed E-state index contributed by atoms with van der Waals surface area (Å²) < 4.78 is 17.0. The van der Waals surface area contributed by atoms with E-state index in [1.54, 1.807) is 6.20 Å². The van der Waals surface area contributed by atoms with Crippen LogP contribution in [0, 0.1) is 0 Å². The molecule has 0 aliphatic rings. The van der Waals surface area contributed by atoms with Gasteiger partial charge in [0, 0.05) is 0 Å². The van der Waals surface area contributed by atoms with Crippen molar-refractivity contribution in [3.8, 4) is 5.95 Å². The van der Waals surface area contributed by atoms with Gasteiger partial charge in [0.1, 0.15) is 12.3 Å². The van der Waals surface area contributed by atoms with Gasteiger partial charge in [0.15, 0.2) is 8.32 Å². The van der Waals surface area contributed by atoms with Crippen molar-refractivity contribution in [2.75, 3.05) is 6.61 Å². The Morgan fingerprint density at radius 1 is 1.39 bits per heavy atom. The maximum Gasteiger partial charge on any atom is 0.305 e. The number of hydrogen-bond acceptors (Lipinski definition) is 4. The fraction of sp³-hybridized carbons (Fsp3) is 0.769. The van der Waals surface area contributed by atoms with E-state index in [2.05, 4.69) is 38.8 Å². The lowest BCUT2D eigenvalue weighted by molar-refractivity contribution is 0.155. The van der Waals surface area contributed by atoms with Crippen molar-refractivity contribution < 1.29 is 13.6 Å². The molecule has 0 amide bonds. The Bertz CT molecular complexity index is 382. The minimum Gasteiger partial charge on any atom is -0.464 e. The molecule has 4 nitrogen and oxygen atoms in total. The van der Waals surface area contributed by atoms with Crippen LogP contribution in [0.15, 0.2) is 10.6 Å². The van der Waals surface area contributed by atoms with E-state index in [-0.39, 0.29) is 11.1 Å². The van der Waals surface area contributed by atoms with Gasteiger partial charge in [0.2, 0.25) is 5.89 Å². The minimum absolute atomic E-state index is 0.139. The molecule has 0 N–H and O–H groups in total. The lowest BCUT2D eigenvalue weighted by atomic mass is 10.2. The largest absolute Gasteiger partial charge is 0.464 e. The number of ether oxygens (including phenoxy) is 1.